The Balaban J connectivity index is 2.09. The minimum absolute atomic E-state index is 0.306. The van der Waals surface area contributed by atoms with E-state index in [9.17, 15) is 0 Å². The largest absolute Gasteiger partial charge is 0.292 e. The highest BCUT2D eigenvalue weighted by Crippen LogP contribution is 2.31. The van der Waals surface area contributed by atoms with E-state index in [4.69, 9.17) is 9.10 Å². The molecule has 24 heavy (non-hydrogen) atoms. The van der Waals surface area contributed by atoms with Crippen molar-refractivity contribution in [2.24, 2.45) is 0 Å². The number of aryl methyl sites for hydroxylation is 3. The lowest BCUT2D eigenvalue weighted by molar-refractivity contribution is 1.06. The van der Waals surface area contributed by atoms with Crippen molar-refractivity contribution in [1.82, 2.24) is 9.55 Å². The van der Waals surface area contributed by atoms with Gasteiger partial charge in [-0.25, -0.2) is 4.98 Å². The van der Waals surface area contributed by atoms with Gasteiger partial charge in [-0.1, -0.05) is 54.6 Å². The van der Waals surface area contributed by atoms with Crippen molar-refractivity contribution >= 4 is 11.0 Å². The molecule has 0 atom stereocenters. The smallest absolute Gasteiger partial charge is 0.145 e. The van der Waals surface area contributed by atoms with Gasteiger partial charge in [0.2, 0.25) is 0 Å². The van der Waals surface area contributed by atoms with Gasteiger partial charge in [-0.2, -0.15) is 0 Å². The van der Waals surface area contributed by atoms with Crippen LogP contribution in [0.5, 0.6) is 0 Å². The molecule has 0 amide bonds. The van der Waals surface area contributed by atoms with E-state index in [1.807, 2.05) is 42.5 Å². The number of aromatic nitrogens is 2. The van der Waals surface area contributed by atoms with Gasteiger partial charge in [0.15, 0.2) is 0 Å². The van der Waals surface area contributed by atoms with Gasteiger partial charge in [0.1, 0.15) is 5.82 Å². The van der Waals surface area contributed by atoms with Gasteiger partial charge in [-0.15, -0.1) is 0 Å². The summed E-state index contributed by atoms with van der Waals surface area (Å²) in [5.74, 6) is 0.811. The number of para-hydroxylation sites is 1. The fourth-order valence-electron chi connectivity index (χ4n) is 3.25. The summed E-state index contributed by atoms with van der Waals surface area (Å²) in [5.41, 5.74) is 6.26. The monoisotopic (exact) mass is 315 g/mol. The van der Waals surface area contributed by atoms with Crippen LogP contribution >= 0.6 is 0 Å². The molecule has 118 valence electrons. The summed E-state index contributed by atoms with van der Waals surface area (Å²) in [6, 6.07) is 21.4. The van der Waals surface area contributed by atoms with Gasteiger partial charge in [-0.3, -0.25) is 4.57 Å². The minimum atomic E-state index is -2.15. The Morgan fingerprint density at radius 1 is 0.875 bits per heavy atom. The second-order valence-electron chi connectivity index (χ2n) is 6.08. The first kappa shape index (κ1) is 11.6. The Kier molecular flexibility index (Phi) is 2.74. The van der Waals surface area contributed by atoms with Gasteiger partial charge in [0.25, 0.3) is 0 Å². The van der Waals surface area contributed by atoms with E-state index in [1.165, 1.54) is 0 Å². The topological polar surface area (TPSA) is 17.8 Å². The van der Waals surface area contributed by atoms with Crippen molar-refractivity contribution in [3.05, 3.63) is 83.4 Å². The van der Waals surface area contributed by atoms with Crippen molar-refractivity contribution in [1.29, 1.82) is 0 Å². The van der Waals surface area contributed by atoms with Gasteiger partial charge >= 0.3 is 0 Å². The van der Waals surface area contributed by atoms with Crippen LogP contribution in [0.15, 0.2) is 66.7 Å². The molecule has 4 aromatic rings. The first-order valence-corrected chi connectivity index (χ1v) is 8.01. The number of hydrogen-bond acceptors (Lipinski definition) is 1. The predicted octanol–water partition coefficient (Wildman–Crippen LogP) is 5.62. The molecule has 2 heteroatoms. The molecule has 0 spiro atoms. The van der Waals surface area contributed by atoms with Crippen LogP contribution in [-0.4, -0.2) is 9.55 Å². The maximum Gasteiger partial charge on any atom is 0.145 e. The van der Waals surface area contributed by atoms with Crippen LogP contribution in [0.3, 0.4) is 0 Å². The van der Waals surface area contributed by atoms with Crippen LogP contribution in [-0.2, 0) is 0 Å². The van der Waals surface area contributed by atoms with Gasteiger partial charge in [0, 0.05) is 9.68 Å². The fourth-order valence-corrected chi connectivity index (χ4v) is 3.25. The molecular formula is C22H20N2. The zero-order chi connectivity index (χ0) is 19.2. The third-order valence-corrected chi connectivity index (χ3v) is 4.35. The second-order valence-corrected chi connectivity index (χ2v) is 6.08. The normalized spacial score (nSPS) is 13.5. The van der Waals surface area contributed by atoms with E-state index in [-0.39, 0.29) is 0 Å². The van der Waals surface area contributed by atoms with Crippen LogP contribution in [0, 0.1) is 20.7 Å². The Labute approximate surface area is 146 Å². The molecule has 0 bridgehead atoms. The molecule has 4 rings (SSSR count). The van der Waals surface area contributed by atoms with Crippen LogP contribution in [0.25, 0.3) is 28.1 Å². The van der Waals surface area contributed by atoms with Crippen molar-refractivity contribution in [2.75, 3.05) is 0 Å². The van der Waals surface area contributed by atoms with E-state index in [0.29, 0.717) is 11.1 Å². The van der Waals surface area contributed by atoms with E-state index >= 15 is 0 Å². The summed E-state index contributed by atoms with van der Waals surface area (Å²) in [6.45, 7) is 2.02. The molecule has 0 unspecified atom stereocenters. The molecule has 0 saturated carbocycles. The number of nitrogens with zero attached hydrogens (tertiary/aromatic N) is 2. The number of fused-ring (bicyclic) bond motifs is 1. The average Bonchev–Trinajstić information content (AvgIpc) is 3.00. The number of imidazole rings is 1. The molecule has 0 N–H and O–H groups in total. The van der Waals surface area contributed by atoms with Crippen molar-refractivity contribution in [3.63, 3.8) is 0 Å². The summed E-state index contributed by atoms with van der Waals surface area (Å²) >= 11 is 0. The van der Waals surface area contributed by atoms with Crippen LogP contribution in [0.4, 0.5) is 0 Å². The zero-order valence-electron chi connectivity index (χ0n) is 16.7. The molecule has 0 saturated heterocycles. The molecule has 1 heterocycles. The van der Waals surface area contributed by atoms with Crippen molar-refractivity contribution < 1.29 is 4.11 Å². The molecular weight excluding hydrogens is 292 g/mol. The van der Waals surface area contributed by atoms with E-state index in [2.05, 4.69) is 30.5 Å². The summed E-state index contributed by atoms with van der Waals surface area (Å²) < 4.78 is 25.2. The Bertz CT molecular complexity index is 1110. The molecule has 3 aromatic carbocycles. The predicted molar refractivity (Wildman–Crippen MR) is 101 cm³/mol. The number of hydrogen-bond donors (Lipinski definition) is 0. The SMILES string of the molecule is [2H]C([2H])([2H])c1ccc2c(c1)nc(-c1ccccc1)n2-c1c(C)cccc1C. The van der Waals surface area contributed by atoms with Crippen molar-refractivity contribution in [2.45, 2.75) is 20.7 Å². The summed E-state index contributed by atoms with van der Waals surface area (Å²) in [6.07, 6.45) is 0. The van der Waals surface area contributed by atoms with Crippen LogP contribution in [0.1, 0.15) is 20.8 Å². The maximum absolute atomic E-state index is 7.70. The fraction of sp³-hybridized carbons (Fsp3) is 0.136. The lowest BCUT2D eigenvalue weighted by atomic mass is 10.1. The summed E-state index contributed by atoms with van der Waals surface area (Å²) in [5, 5.41) is 0. The maximum atomic E-state index is 7.70. The third kappa shape index (κ3) is 2.31. The lowest BCUT2D eigenvalue weighted by Crippen LogP contribution is -2.02. The molecule has 2 nitrogen and oxygen atoms in total. The van der Waals surface area contributed by atoms with E-state index in [0.717, 1.165) is 33.7 Å². The molecule has 0 radical (unpaired) electrons. The Morgan fingerprint density at radius 2 is 1.62 bits per heavy atom. The van der Waals surface area contributed by atoms with Crippen LogP contribution < -0.4 is 0 Å². The molecule has 0 fully saturated rings. The second kappa shape index (κ2) is 5.64. The third-order valence-electron chi connectivity index (χ3n) is 4.35. The number of benzene rings is 3. The highest BCUT2D eigenvalue weighted by molar-refractivity contribution is 5.84. The first-order valence-electron chi connectivity index (χ1n) is 9.51. The zero-order valence-corrected chi connectivity index (χ0v) is 13.7. The average molecular weight is 315 g/mol. The lowest BCUT2D eigenvalue weighted by Gasteiger charge is -2.15. The highest BCUT2D eigenvalue weighted by atomic mass is 15.1. The summed E-state index contributed by atoms with van der Waals surface area (Å²) in [7, 11) is 0. The first-order chi connectivity index (χ1) is 12.9. The van der Waals surface area contributed by atoms with Crippen LogP contribution in [0.2, 0.25) is 0 Å². The van der Waals surface area contributed by atoms with Gasteiger partial charge < -0.3 is 0 Å². The van der Waals surface area contributed by atoms with Gasteiger partial charge in [0.05, 0.1) is 16.7 Å². The quantitative estimate of drug-likeness (QED) is 0.469. The van der Waals surface area contributed by atoms with E-state index in [1.54, 1.807) is 12.1 Å². The van der Waals surface area contributed by atoms with E-state index < -0.39 is 6.85 Å². The minimum Gasteiger partial charge on any atom is -0.292 e. The summed E-state index contributed by atoms with van der Waals surface area (Å²) in [4.78, 5) is 4.83. The van der Waals surface area contributed by atoms with Gasteiger partial charge in [-0.05, 0) is 49.5 Å². The molecule has 0 aliphatic heterocycles. The molecule has 0 aliphatic carbocycles. The Morgan fingerprint density at radius 3 is 2.33 bits per heavy atom. The molecule has 0 aliphatic rings. The highest BCUT2D eigenvalue weighted by Gasteiger charge is 2.16. The number of rotatable bonds is 2. The Hall–Kier alpha value is -2.87. The van der Waals surface area contributed by atoms with Crippen molar-refractivity contribution in [3.8, 4) is 17.1 Å². The molecule has 1 aromatic heterocycles. The standard InChI is InChI=1S/C22H20N2/c1-15-12-13-20-19(14-15)23-22(18-10-5-4-6-11-18)24(20)21-16(2)8-7-9-17(21)3/h4-14H,1-3H3/i1D3.